The van der Waals surface area contributed by atoms with E-state index >= 15 is 0 Å². The van der Waals surface area contributed by atoms with Crippen molar-refractivity contribution in [3.8, 4) is 11.3 Å². The Balaban J connectivity index is 1.51. The van der Waals surface area contributed by atoms with Gasteiger partial charge in [0.15, 0.2) is 0 Å². The van der Waals surface area contributed by atoms with E-state index in [1.54, 1.807) is 12.1 Å². The van der Waals surface area contributed by atoms with Gasteiger partial charge in [0.25, 0.3) is 0 Å². The Morgan fingerprint density at radius 3 is 2.69 bits per heavy atom. The molecule has 1 saturated heterocycles. The maximum absolute atomic E-state index is 13.1. The summed E-state index contributed by atoms with van der Waals surface area (Å²) in [6.45, 7) is 2.78. The predicted molar refractivity (Wildman–Crippen MR) is 112 cm³/mol. The normalized spacial score (nSPS) is 17.2. The summed E-state index contributed by atoms with van der Waals surface area (Å²) < 4.78 is 13.1. The highest BCUT2D eigenvalue weighted by molar-refractivity contribution is 5.93. The third-order valence-corrected chi connectivity index (χ3v) is 5.46. The van der Waals surface area contributed by atoms with E-state index in [0.29, 0.717) is 11.5 Å². The molecule has 4 nitrogen and oxygen atoms in total. The van der Waals surface area contributed by atoms with Gasteiger partial charge < -0.3 is 5.73 Å². The van der Waals surface area contributed by atoms with E-state index in [-0.39, 0.29) is 5.82 Å². The van der Waals surface area contributed by atoms with Crippen molar-refractivity contribution in [2.45, 2.75) is 25.3 Å². The first-order valence-corrected chi connectivity index (χ1v) is 9.92. The number of likely N-dealkylation sites (tertiary alicyclic amines) is 1. The quantitative estimate of drug-likeness (QED) is 0.705. The smallest absolute Gasteiger partial charge is 0.248 e. The molecule has 1 atom stereocenters. The van der Waals surface area contributed by atoms with E-state index in [2.05, 4.69) is 11.0 Å². The van der Waals surface area contributed by atoms with Crippen LogP contribution in [-0.2, 0) is 6.54 Å². The van der Waals surface area contributed by atoms with Crippen LogP contribution in [0.3, 0.4) is 0 Å². The van der Waals surface area contributed by atoms with Crippen molar-refractivity contribution in [3.05, 3.63) is 89.4 Å². The molecule has 5 heteroatoms. The van der Waals surface area contributed by atoms with Crippen LogP contribution in [0.2, 0.25) is 0 Å². The molecule has 2 heterocycles. The predicted octanol–water partition coefficient (Wildman–Crippen LogP) is 4.37. The molecule has 0 unspecified atom stereocenters. The lowest BCUT2D eigenvalue weighted by Crippen LogP contribution is -2.34. The molecule has 1 aliphatic heterocycles. The number of piperidine rings is 1. The number of amides is 1. The molecule has 4 rings (SSSR count). The zero-order valence-corrected chi connectivity index (χ0v) is 16.2. The van der Waals surface area contributed by atoms with Crippen LogP contribution in [-0.4, -0.2) is 28.9 Å². The average Bonchev–Trinajstić information content (AvgIpc) is 2.76. The number of pyridine rings is 1. The Bertz CT molecular complexity index is 1000. The molecule has 0 bridgehead atoms. The van der Waals surface area contributed by atoms with Crippen LogP contribution in [0.5, 0.6) is 0 Å². The summed E-state index contributed by atoms with van der Waals surface area (Å²) in [4.78, 5) is 18.8. The molecule has 0 spiro atoms. The second kappa shape index (κ2) is 8.53. The van der Waals surface area contributed by atoms with Gasteiger partial charge in [-0.05, 0) is 61.3 Å². The van der Waals surface area contributed by atoms with Crippen LogP contribution in [0.1, 0.15) is 40.4 Å². The van der Waals surface area contributed by atoms with Crippen molar-refractivity contribution >= 4 is 5.91 Å². The summed E-state index contributed by atoms with van der Waals surface area (Å²) in [5.41, 5.74) is 9.82. The van der Waals surface area contributed by atoms with Gasteiger partial charge in [0, 0.05) is 35.8 Å². The number of benzene rings is 2. The van der Waals surface area contributed by atoms with Gasteiger partial charge in [0.2, 0.25) is 5.91 Å². The molecule has 1 aromatic heterocycles. The number of rotatable bonds is 5. The first kappa shape index (κ1) is 19.3. The monoisotopic (exact) mass is 389 g/mol. The summed E-state index contributed by atoms with van der Waals surface area (Å²) in [7, 11) is 0. The molecule has 2 aromatic carbocycles. The lowest BCUT2D eigenvalue weighted by Gasteiger charge is -2.32. The van der Waals surface area contributed by atoms with E-state index in [9.17, 15) is 9.18 Å². The zero-order chi connectivity index (χ0) is 20.2. The SMILES string of the molecule is NC(=O)c1cccc(-c2cccc([C@@H]3CCCN(Cc4ccc(F)cc4)C3)n2)c1. The molecule has 1 aliphatic rings. The second-order valence-corrected chi connectivity index (χ2v) is 7.59. The number of primary amides is 1. The van der Waals surface area contributed by atoms with Gasteiger partial charge in [0.05, 0.1) is 5.69 Å². The standard InChI is InChI=1S/C24H24FN3O/c25-21-11-9-17(10-12-21)15-28-13-3-6-20(16-28)23-8-2-7-22(27-23)18-4-1-5-19(14-18)24(26)29/h1-2,4-5,7-12,14,20H,3,6,13,15-16H2,(H2,26,29)/t20-/m1/s1. The van der Waals surface area contributed by atoms with Crippen molar-refractivity contribution in [1.82, 2.24) is 9.88 Å². The third kappa shape index (κ3) is 4.69. The van der Waals surface area contributed by atoms with Crippen molar-refractivity contribution in [2.24, 2.45) is 5.73 Å². The van der Waals surface area contributed by atoms with Gasteiger partial charge in [-0.3, -0.25) is 14.7 Å². The largest absolute Gasteiger partial charge is 0.366 e. The summed E-state index contributed by atoms with van der Waals surface area (Å²) in [5.74, 6) is -0.290. The van der Waals surface area contributed by atoms with Crippen molar-refractivity contribution < 1.29 is 9.18 Å². The van der Waals surface area contributed by atoms with Gasteiger partial charge >= 0.3 is 0 Å². The Kier molecular flexibility index (Phi) is 5.67. The molecule has 148 valence electrons. The molecule has 0 aliphatic carbocycles. The highest BCUT2D eigenvalue weighted by Gasteiger charge is 2.22. The van der Waals surface area contributed by atoms with E-state index in [4.69, 9.17) is 10.7 Å². The van der Waals surface area contributed by atoms with Crippen LogP contribution < -0.4 is 5.73 Å². The van der Waals surface area contributed by atoms with Crippen LogP contribution in [0.4, 0.5) is 4.39 Å². The minimum atomic E-state index is -0.438. The lowest BCUT2D eigenvalue weighted by molar-refractivity contribution is 0.100. The van der Waals surface area contributed by atoms with Gasteiger partial charge in [-0.25, -0.2) is 4.39 Å². The molecule has 0 radical (unpaired) electrons. The van der Waals surface area contributed by atoms with Crippen molar-refractivity contribution in [1.29, 1.82) is 0 Å². The van der Waals surface area contributed by atoms with Gasteiger partial charge in [-0.15, -0.1) is 0 Å². The molecule has 1 fully saturated rings. The maximum atomic E-state index is 13.1. The Morgan fingerprint density at radius 2 is 1.90 bits per heavy atom. The van der Waals surface area contributed by atoms with Gasteiger partial charge in [-0.1, -0.05) is 30.3 Å². The minimum Gasteiger partial charge on any atom is -0.366 e. The highest BCUT2D eigenvalue weighted by Crippen LogP contribution is 2.28. The number of aromatic nitrogens is 1. The first-order valence-electron chi connectivity index (χ1n) is 9.92. The van der Waals surface area contributed by atoms with Crippen LogP contribution in [0, 0.1) is 5.82 Å². The van der Waals surface area contributed by atoms with Crippen LogP contribution >= 0.6 is 0 Å². The van der Waals surface area contributed by atoms with Crippen LogP contribution in [0.15, 0.2) is 66.7 Å². The van der Waals surface area contributed by atoms with Gasteiger partial charge in [0.1, 0.15) is 5.82 Å². The molecule has 29 heavy (non-hydrogen) atoms. The number of carbonyl (C=O) groups is 1. The Morgan fingerprint density at radius 1 is 1.10 bits per heavy atom. The maximum Gasteiger partial charge on any atom is 0.248 e. The second-order valence-electron chi connectivity index (χ2n) is 7.59. The minimum absolute atomic E-state index is 0.202. The zero-order valence-electron chi connectivity index (χ0n) is 16.2. The van der Waals surface area contributed by atoms with E-state index in [1.165, 1.54) is 12.1 Å². The highest BCUT2D eigenvalue weighted by atomic mass is 19.1. The number of halogens is 1. The molecular weight excluding hydrogens is 365 g/mol. The fourth-order valence-corrected chi connectivity index (χ4v) is 3.96. The van der Waals surface area contributed by atoms with E-state index < -0.39 is 5.91 Å². The first-order chi connectivity index (χ1) is 14.1. The van der Waals surface area contributed by atoms with Crippen LogP contribution in [0.25, 0.3) is 11.3 Å². The molecular formula is C24H24FN3O. The number of carbonyl (C=O) groups excluding carboxylic acids is 1. The summed E-state index contributed by atoms with van der Waals surface area (Å²) in [6.07, 6.45) is 2.20. The fourth-order valence-electron chi connectivity index (χ4n) is 3.96. The number of hydrogen-bond acceptors (Lipinski definition) is 3. The van der Waals surface area contributed by atoms with E-state index in [0.717, 1.165) is 55.0 Å². The molecule has 2 N–H and O–H groups in total. The molecule has 1 amide bonds. The summed E-state index contributed by atoms with van der Waals surface area (Å²) >= 11 is 0. The summed E-state index contributed by atoms with van der Waals surface area (Å²) in [5, 5.41) is 0. The number of hydrogen-bond donors (Lipinski definition) is 1. The lowest BCUT2D eigenvalue weighted by atomic mass is 9.93. The summed E-state index contributed by atoms with van der Waals surface area (Å²) in [6, 6.07) is 20.1. The third-order valence-electron chi connectivity index (χ3n) is 5.46. The molecule has 3 aromatic rings. The number of nitrogens with two attached hydrogens (primary N) is 1. The Hall–Kier alpha value is -3.05. The fraction of sp³-hybridized carbons (Fsp3) is 0.250. The average molecular weight is 389 g/mol. The van der Waals surface area contributed by atoms with Crippen molar-refractivity contribution in [3.63, 3.8) is 0 Å². The molecule has 0 saturated carbocycles. The number of nitrogens with zero attached hydrogens (tertiary/aromatic N) is 2. The van der Waals surface area contributed by atoms with E-state index in [1.807, 2.05) is 36.4 Å². The van der Waals surface area contributed by atoms with Gasteiger partial charge in [-0.2, -0.15) is 0 Å². The van der Waals surface area contributed by atoms with Crippen molar-refractivity contribution in [2.75, 3.05) is 13.1 Å². The Labute approximate surface area is 170 Å². The topological polar surface area (TPSA) is 59.2 Å².